The third-order valence-corrected chi connectivity index (χ3v) is 8.76. The summed E-state index contributed by atoms with van der Waals surface area (Å²) in [5.41, 5.74) is 1.42. The fourth-order valence-electron chi connectivity index (χ4n) is 5.79. The molecule has 0 spiro atoms. The smallest absolute Gasteiger partial charge is 0.327 e. The Morgan fingerprint density at radius 2 is 1.71 bits per heavy atom. The van der Waals surface area contributed by atoms with Gasteiger partial charge in [-0.15, -0.1) is 11.3 Å². The van der Waals surface area contributed by atoms with Crippen LogP contribution < -0.4 is 14.2 Å². The lowest BCUT2D eigenvalue weighted by atomic mass is 9.77. The molecule has 3 aromatic carbocycles. The van der Waals surface area contributed by atoms with E-state index in [0.717, 1.165) is 11.3 Å². The molecule has 41 heavy (non-hydrogen) atoms. The Morgan fingerprint density at radius 3 is 2.41 bits per heavy atom. The summed E-state index contributed by atoms with van der Waals surface area (Å²) in [7, 11) is 1.51. The number of ketones is 1. The van der Waals surface area contributed by atoms with Crippen molar-refractivity contribution in [2.24, 2.45) is 5.92 Å². The normalized spacial score (nSPS) is 21.1. The molecule has 0 bridgehead atoms. The molecule has 2 aliphatic heterocycles. The van der Waals surface area contributed by atoms with Crippen molar-refractivity contribution in [1.29, 1.82) is 0 Å². The zero-order valence-corrected chi connectivity index (χ0v) is 23.3. The number of benzene rings is 3. The Labute approximate surface area is 244 Å². The molecule has 1 N–H and O–H groups in total. The topological polar surface area (TPSA) is 102 Å². The minimum atomic E-state index is -1.38. The van der Waals surface area contributed by atoms with Crippen molar-refractivity contribution in [3.8, 4) is 17.2 Å². The molecule has 208 valence electrons. The molecule has 1 fully saturated rings. The van der Waals surface area contributed by atoms with Gasteiger partial charge in [-0.3, -0.25) is 9.59 Å². The van der Waals surface area contributed by atoms with Crippen LogP contribution in [0.2, 0.25) is 4.34 Å². The molecule has 0 aliphatic carbocycles. The van der Waals surface area contributed by atoms with Crippen molar-refractivity contribution in [1.82, 2.24) is 4.90 Å². The Balaban J connectivity index is 1.61. The number of carbonyl (C=O) groups excluding carboxylic acids is 2. The van der Waals surface area contributed by atoms with Gasteiger partial charge in [0.15, 0.2) is 17.3 Å². The van der Waals surface area contributed by atoms with E-state index in [1.54, 1.807) is 84.9 Å². The van der Waals surface area contributed by atoms with E-state index in [2.05, 4.69) is 0 Å². The van der Waals surface area contributed by atoms with Crippen LogP contribution in [0.5, 0.6) is 17.2 Å². The van der Waals surface area contributed by atoms with Crippen LogP contribution in [0.4, 0.5) is 0 Å². The number of amides is 1. The second-order valence-electron chi connectivity index (χ2n) is 9.72. The largest absolute Gasteiger partial charge is 0.497 e. The molecule has 1 saturated heterocycles. The van der Waals surface area contributed by atoms with Crippen LogP contribution in [-0.4, -0.2) is 47.6 Å². The first-order valence-corrected chi connectivity index (χ1v) is 14.0. The average Bonchev–Trinajstić information content (AvgIpc) is 3.73. The molecule has 6 rings (SSSR count). The lowest BCUT2D eigenvalue weighted by Crippen LogP contribution is -2.43. The highest BCUT2D eigenvalue weighted by molar-refractivity contribution is 7.18. The molecule has 4 atom stereocenters. The van der Waals surface area contributed by atoms with Crippen LogP contribution in [-0.2, 0) is 4.79 Å². The Bertz CT molecular complexity index is 1640. The third-order valence-electron chi connectivity index (χ3n) is 7.51. The number of methoxy groups -OCH3 is 1. The van der Waals surface area contributed by atoms with E-state index in [-0.39, 0.29) is 12.6 Å². The van der Waals surface area contributed by atoms with E-state index < -0.39 is 35.8 Å². The molecule has 10 heteroatoms. The number of aliphatic carboxylic acids is 1. The van der Waals surface area contributed by atoms with Gasteiger partial charge in [0.2, 0.25) is 6.79 Å². The fraction of sp³-hybridized carbons (Fsp3) is 0.194. The molecular formula is C31H24ClNO7S. The number of carboxylic acids is 1. The van der Waals surface area contributed by atoms with Crippen molar-refractivity contribution in [2.45, 2.75) is 18.0 Å². The van der Waals surface area contributed by atoms with Crippen LogP contribution in [0, 0.1) is 5.92 Å². The van der Waals surface area contributed by atoms with Crippen molar-refractivity contribution in [2.75, 3.05) is 13.9 Å². The highest BCUT2D eigenvalue weighted by Gasteiger charge is 2.58. The maximum Gasteiger partial charge on any atom is 0.327 e. The summed E-state index contributed by atoms with van der Waals surface area (Å²) >= 11 is 7.34. The van der Waals surface area contributed by atoms with E-state index in [0.29, 0.717) is 43.2 Å². The molecule has 8 nitrogen and oxygen atoms in total. The van der Waals surface area contributed by atoms with Gasteiger partial charge in [0, 0.05) is 11.5 Å². The monoisotopic (exact) mass is 589 g/mol. The van der Waals surface area contributed by atoms with E-state index in [1.807, 2.05) is 0 Å². The van der Waals surface area contributed by atoms with Crippen LogP contribution in [0.1, 0.15) is 43.1 Å². The third kappa shape index (κ3) is 4.81. The van der Waals surface area contributed by atoms with Gasteiger partial charge >= 0.3 is 5.97 Å². The summed E-state index contributed by atoms with van der Waals surface area (Å²) in [4.78, 5) is 43.5. The maximum atomic E-state index is 14.4. The number of thiophene rings is 1. The number of hydrogen-bond acceptors (Lipinski definition) is 7. The number of likely N-dealkylation sites (tertiary alicyclic amines) is 1. The number of hydrogen-bond donors (Lipinski definition) is 1. The van der Waals surface area contributed by atoms with Gasteiger partial charge in [-0.05, 0) is 59.7 Å². The highest BCUT2D eigenvalue weighted by Crippen LogP contribution is 2.53. The number of Topliss-reactive ketones (excluding diaryl/α,β-unsaturated/α-hetero) is 1. The van der Waals surface area contributed by atoms with Crippen LogP contribution in [0.3, 0.4) is 0 Å². The van der Waals surface area contributed by atoms with Gasteiger partial charge in [0.25, 0.3) is 5.91 Å². The van der Waals surface area contributed by atoms with Crippen LogP contribution in [0.25, 0.3) is 0 Å². The van der Waals surface area contributed by atoms with Gasteiger partial charge < -0.3 is 24.2 Å². The second kappa shape index (κ2) is 10.9. The standard InChI is InChI=1S/C31H24ClNO7S/c1-38-20-9-5-8-18(14-20)25-26(29(34)23-12-13-24(32)41-23)27(19-10-11-21-22(15-19)40-16-39-21)33(28(25)31(36)37)30(35)17-6-3-2-4-7-17/h2-15,25-28H,16H2,1H3,(H,36,37). The Kier molecular flexibility index (Phi) is 7.15. The molecule has 3 heterocycles. The number of rotatable bonds is 7. The van der Waals surface area contributed by atoms with Crippen molar-refractivity contribution in [3.63, 3.8) is 0 Å². The zero-order valence-electron chi connectivity index (χ0n) is 21.7. The first kappa shape index (κ1) is 26.9. The molecule has 4 aromatic rings. The van der Waals surface area contributed by atoms with Gasteiger partial charge in [0.1, 0.15) is 11.8 Å². The maximum absolute atomic E-state index is 14.4. The minimum absolute atomic E-state index is 0.0380. The summed E-state index contributed by atoms with van der Waals surface area (Å²) in [5.74, 6) is -2.46. The molecular weight excluding hydrogens is 566 g/mol. The van der Waals surface area contributed by atoms with E-state index >= 15 is 0 Å². The predicted molar refractivity (Wildman–Crippen MR) is 152 cm³/mol. The van der Waals surface area contributed by atoms with Crippen LogP contribution in [0.15, 0.2) is 84.9 Å². The highest BCUT2D eigenvalue weighted by atomic mass is 35.5. The minimum Gasteiger partial charge on any atom is -0.497 e. The number of ether oxygens (including phenoxy) is 3. The number of carboxylic acid groups (broad SMARTS) is 1. The first-order valence-electron chi connectivity index (χ1n) is 12.8. The SMILES string of the molecule is COc1cccc(C2C(C(=O)c3ccc(Cl)s3)C(c3ccc4c(c3)OCO4)N(C(=O)c3ccccc3)C2C(=O)O)c1. The summed E-state index contributed by atoms with van der Waals surface area (Å²) in [5, 5.41) is 10.7. The van der Waals surface area contributed by atoms with Crippen molar-refractivity contribution < 1.29 is 33.7 Å². The predicted octanol–water partition coefficient (Wildman–Crippen LogP) is 6.07. The average molecular weight is 590 g/mol. The molecule has 0 saturated carbocycles. The first-order chi connectivity index (χ1) is 19.9. The lowest BCUT2D eigenvalue weighted by molar-refractivity contribution is -0.142. The molecule has 0 radical (unpaired) electrons. The van der Waals surface area contributed by atoms with Gasteiger partial charge in [-0.1, -0.05) is 48.0 Å². The van der Waals surface area contributed by atoms with Gasteiger partial charge in [-0.25, -0.2) is 4.79 Å². The number of halogens is 1. The van der Waals surface area contributed by atoms with Gasteiger partial charge in [0.05, 0.1) is 28.3 Å². The number of fused-ring (bicyclic) bond motifs is 1. The lowest BCUT2D eigenvalue weighted by Gasteiger charge is -2.30. The Hall–Kier alpha value is -4.34. The fourth-order valence-corrected chi connectivity index (χ4v) is 6.82. The van der Waals surface area contributed by atoms with Gasteiger partial charge in [-0.2, -0.15) is 0 Å². The number of carbonyl (C=O) groups is 3. The number of nitrogens with zero attached hydrogens (tertiary/aromatic N) is 1. The van der Waals surface area contributed by atoms with Crippen molar-refractivity contribution in [3.05, 3.63) is 111 Å². The second-order valence-corrected chi connectivity index (χ2v) is 11.4. The molecule has 4 unspecified atom stereocenters. The summed E-state index contributed by atoms with van der Waals surface area (Å²) in [6.45, 7) is 0.0380. The zero-order chi connectivity index (χ0) is 28.7. The molecule has 1 aromatic heterocycles. The van der Waals surface area contributed by atoms with E-state index in [4.69, 9.17) is 25.8 Å². The summed E-state index contributed by atoms with van der Waals surface area (Å²) in [6, 6.07) is 21.5. The van der Waals surface area contributed by atoms with E-state index in [9.17, 15) is 19.5 Å². The molecule has 1 amide bonds. The summed E-state index contributed by atoms with van der Waals surface area (Å²) in [6.07, 6.45) is 0. The quantitative estimate of drug-likeness (QED) is 0.261. The molecule has 2 aliphatic rings. The summed E-state index contributed by atoms with van der Waals surface area (Å²) < 4.78 is 17.0. The van der Waals surface area contributed by atoms with Crippen LogP contribution >= 0.6 is 22.9 Å². The van der Waals surface area contributed by atoms with Crippen molar-refractivity contribution >= 4 is 40.6 Å². The Morgan fingerprint density at radius 1 is 0.927 bits per heavy atom. The van der Waals surface area contributed by atoms with E-state index in [1.165, 1.54) is 12.0 Å².